The van der Waals surface area contributed by atoms with Crippen molar-refractivity contribution in [1.82, 2.24) is 15.2 Å². The van der Waals surface area contributed by atoms with E-state index >= 15 is 0 Å². The second kappa shape index (κ2) is 8.57. The lowest BCUT2D eigenvalue weighted by atomic mass is 10.0. The molecule has 0 spiro atoms. The number of carbonyl (C=O) groups is 1. The van der Waals surface area contributed by atoms with E-state index in [0.717, 1.165) is 16.3 Å². The van der Waals surface area contributed by atoms with Gasteiger partial charge in [-0.05, 0) is 40.6 Å². The number of amides is 1. The monoisotopic (exact) mass is 438 g/mol. The van der Waals surface area contributed by atoms with E-state index < -0.39 is 5.91 Å². The van der Waals surface area contributed by atoms with Crippen LogP contribution < -0.4 is 5.43 Å². The lowest BCUT2D eigenvalue weighted by Gasteiger charge is -2.05. The molecule has 0 unspecified atom stereocenters. The summed E-state index contributed by atoms with van der Waals surface area (Å²) in [5, 5.41) is 21.2. The van der Waals surface area contributed by atoms with E-state index in [1.807, 2.05) is 36.4 Å². The van der Waals surface area contributed by atoms with Gasteiger partial charge >= 0.3 is 0 Å². The molecule has 6 nitrogen and oxygen atoms in total. The highest BCUT2D eigenvalue weighted by Crippen LogP contribution is 2.25. The molecule has 0 saturated carbocycles. The van der Waals surface area contributed by atoms with E-state index in [-0.39, 0.29) is 11.4 Å². The highest BCUT2D eigenvalue weighted by atomic mass is 35.5. The van der Waals surface area contributed by atoms with Crippen LogP contribution in [0.25, 0.3) is 10.8 Å². The Labute approximate surface area is 182 Å². The van der Waals surface area contributed by atoms with Gasteiger partial charge in [0.15, 0.2) is 5.69 Å². The van der Waals surface area contributed by atoms with Gasteiger partial charge in [0.05, 0.1) is 12.8 Å². The molecule has 30 heavy (non-hydrogen) atoms. The number of aromatic nitrogens is 2. The van der Waals surface area contributed by atoms with Crippen LogP contribution in [0.3, 0.4) is 0 Å². The molecule has 0 aliphatic rings. The molecule has 1 amide bonds. The number of hydrazone groups is 1. The number of aromatic hydroxyl groups is 1. The zero-order valence-electron chi connectivity index (χ0n) is 15.6. The number of hydrogen-bond acceptors (Lipinski definition) is 4. The maximum atomic E-state index is 12.4. The Balaban J connectivity index is 1.46. The summed E-state index contributed by atoms with van der Waals surface area (Å²) in [6, 6.07) is 17.8. The quantitative estimate of drug-likeness (QED) is 0.344. The Hall–Kier alpha value is -3.35. The van der Waals surface area contributed by atoms with Crippen molar-refractivity contribution in [2.24, 2.45) is 5.10 Å². The van der Waals surface area contributed by atoms with Gasteiger partial charge in [-0.3, -0.25) is 9.48 Å². The maximum absolute atomic E-state index is 12.4. The van der Waals surface area contributed by atoms with Gasteiger partial charge in [-0.1, -0.05) is 59.6 Å². The molecule has 4 rings (SSSR count). The molecular weight excluding hydrogens is 423 g/mol. The third-order valence-electron chi connectivity index (χ3n) is 4.53. The fourth-order valence-electron chi connectivity index (χ4n) is 3.03. The first-order chi connectivity index (χ1) is 14.5. The summed E-state index contributed by atoms with van der Waals surface area (Å²) in [5.74, 6) is -0.386. The number of carbonyl (C=O) groups excluding carboxylic acids is 1. The summed E-state index contributed by atoms with van der Waals surface area (Å²) in [7, 11) is 0. The molecule has 0 atom stereocenters. The van der Waals surface area contributed by atoms with Crippen LogP contribution in [0, 0.1) is 0 Å². The molecule has 4 aromatic rings. The van der Waals surface area contributed by atoms with Gasteiger partial charge in [0, 0.05) is 21.8 Å². The van der Waals surface area contributed by atoms with Crippen LogP contribution in [-0.4, -0.2) is 27.0 Å². The summed E-state index contributed by atoms with van der Waals surface area (Å²) < 4.78 is 1.60. The molecule has 8 heteroatoms. The second-order valence-corrected chi connectivity index (χ2v) is 7.40. The van der Waals surface area contributed by atoms with Crippen molar-refractivity contribution in [3.05, 3.63) is 93.7 Å². The van der Waals surface area contributed by atoms with Crippen LogP contribution in [0.4, 0.5) is 0 Å². The number of hydrogen-bond donors (Lipinski definition) is 2. The zero-order chi connectivity index (χ0) is 21.1. The Bertz CT molecular complexity index is 1270. The Kier molecular flexibility index (Phi) is 5.70. The van der Waals surface area contributed by atoms with E-state index in [4.69, 9.17) is 23.2 Å². The smallest absolute Gasteiger partial charge is 0.291 e. The van der Waals surface area contributed by atoms with Gasteiger partial charge < -0.3 is 5.11 Å². The van der Waals surface area contributed by atoms with Gasteiger partial charge in [-0.2, -0.15) is 10.2 Å². The highest BCUT2D eigenvalue weighted by molar-refractivity contribution is 6.35. The van der Waals surface area contributed by atoms with E-state index in [1.54, 1.807) is 35.1 Å². The summed E-state index contributed by atoms with van der Waals surface area (Å²) in [6.45, 7) is 0.399. The van der Waals surface area contributed by atoms with Crippen molar-refractivity contribution < 1.29 is 9.90 Å². The topological polar surface area (TPSA) is 79.5 Å². The van der Waals surface area contributed by atoms with Crippen LogP contribution in [0.5, 0.6) is 5.75 Å². The Morgan fingerprint density at radius 1 is 1.13 bits per heavy atom. The van der Waals surface area contributed by atoms with Gasteiger partial charge in [0.1, 0.15) is 5.75 Å². The molecule has 0 aliphatic carbocycles. The highest BCUT2D eigenvalue weighted by Gasteiger charge is 2.10. The number of benzene rings is 3. The first-order valence-corrected chi connectivity index (χ1v) is 9.78. The SMILES string of the molecule is O=C(NN=Cc1c(O)ccc2ccccc12)c1ccn(Cc2ccc(Cl)cc2Cl)n1. The first kappa shape index (κ1) is 19.9. The average molecular weight is 439 g/mol. The number of nitrogens with zero attached hydrogens (tertiary/aromatic N) is 3. The minimum Gasteiger partial charge on any atom is -0.507 e. The van der Waals surface area contributed by atoms with E-state index in [0.29, 0.717) is 22.2 Å². The van der Waals surface area contributed by atoms with Crippen molar-refractivity contribution in [3.63, 3.8) is 0 Å². The average Bonchev–Trinajstić information content (AvgIpc) is 3.20. The predicted octanol–water partition coefficient (Wildman–Crippen LogP) is 4.86. The third kappa shape index (κ3) is 4.30. The summed E-state index contributed by atoms with van der Waals surface area (Å²) in [5.41, 5.74) is 4.00. The fraction of sp³-hybridized carbons (Fsp3) is 0.0455. The minimum atomic E-state index is -0.466. The van der Waals surface area contributed by atoms with Crippen LogP contribution >= 0.6 is 23.2 Å². The van der Waals surface area contributed by atoms with Crippen LogP contribution in [0.1, 0.15) is 21.6 Å². The van der Waals surface area contributed by atoms with Gasteiger partial charge in [0.2, 0.25) is 0 Å². The molecule has 0 aliphatic heterocycles. The van der Waals surface area contributed by atoms with Crippen molar-refractivity contribution in [2.75, 3.05) is 0 Å². The molecule has 0 saturated heterocycles. The third-order valence-corrected chi connectivity index (χ3v) is 5.12. The van der Waals surface area contributed by atoms with E-state index in [2.05, 4.69) is 15.6 Å². The molecule has 0 bridgehead atoms. The zero-order valence-corrected chi connectivity index (χ0v) is 17.1. The molecular formula is C22H16Cl2N4O2. The standard InChI is InChI=1S/C22H16Cl2N4O2/c23-16-7-5-15(19(24)11-16)13-28-10-9-20(27-28)22(30)26-25-12-18-17-4-2-1-3-14(17)6-8-21(18)29/h1-12,29H,13H2,(H,26,30). The predicted molar refractivity (Wildman–Crippen MR) is 118 cm³/mol. The van der Waals surface area contributed by atoms with Gasteiger partial charge in [0.25, 0.3) is 5.91 Å². The molecule has 150 valence electrons. The fourth-order valence-corrected chi connectivity index (χ4v) is 3.50. The maximum Gasteiger partial charge on any atom is 0.291 e. The first-order valence-electron chi connectivity index (χ1n) is 9.03. The molecule has 0 fully saturated rings. The van der Waals surface area contributed by atoms with E-state index in [1.165, 1.54) is 6.21 Å². The lowest BCUT2D eigenvalue weighted by molar-refractivity contribution is 0.0949. The summed E-state index contributed by atoms with van der Waals surface area (Å²) >= 11 is 12.1. The number of rotatable bonds is 5. The molecule has 3 aromatic carbocycles. The largest absolute Gasteiger partial charge is 0.507 e. The number of nitrogens with one attached hydrogen (secondary N) is 1. The molecule has 1 aromatic heterocycles. The number of phenols is 1. The van der Waals surface area contributed by atoms with Crippen LogP contribution in [-0.2, 0) is 6.54 Å². The van der Waals surface area contributed by atoms with Crippen LogP contribution in [0.2, 0.25) is 10.0 Å². The van der Waals surface area contributed by atoms with Crippen LogP contribution in [0.15, 0.2) is 72.0 Å². The summed E-state index contributed by atoms with van der Waals surface area (Å²) in [4.78, 5) is 12.4. The Morgan fingerprint density at radius 2 is 1.97 bits per heavy atom. The molecule has 1 heterocycles. The Morgan fingerprint density at radius 3 is 2.80 bits per heavy atom. The minimum absolute atomic E-state index is 0.0795. The number of halogens is 2. The van der Waals surface area contributed by atoms with Crippen molar-refractivity contribution in [2.45, 2.75) is 6.54 Å². The summed E-state index contributed by atoms with van der Waals surface area (Å²) in [6.07, 6.45) is 3.10. The normalized spacial score (nSPS) is 11.3. The van der Waals surface area contributed by atoms with Crippen molar-refractivity contribution in [1.29, 1.82) is 0 Å². The van der Waals surface area contributed by atoms with E-state index in [9.17, 15) is 9.90 Å². The lowest BCUT2D eigenvalue weighted by Crippen LogP contribution is -2.18. The van der Waals surface area contributed by atoms with Crippen molar-refractivity contribution in [3.8, 4) is 5.75 Å². The number of phenolic OH excluding ortho intramolecular Hbond substituents is 1. The van der Waals surface area contributed by atoms with Crippen molar-refractivity contribution >= 4 is 46.1 Å². The van der Waals surface area contributed by atoms with Gasteiger partial charge in [-0.15, -0.1) is 0 Å². The molecule has 0 radical (unpaired) electrons. The second-order valence-electron chi connectivity index (χ2n) is 6.55. The molecule has 2 N–H and O–H groups in total. The van der Waals surface area contributed by atoms with Gasteiger partial charge in [-0.25, -0.2) is 5.43 Å². The number of fused-ring (bicyclic) bond motifs is 1.